The molecule has 5 nitrogen and oxygen atoms in total. The molecule has 2 saturated heterocycles. The number of nitrogens with zero attached hydrogens (tertiary/aromatic N) is 2. The molecular weight excluding hydrogens is 240 g/mol. The van der Waals surface area contributed by atoms with Crippen LogP contribution in [0.2, 0.25) is 0 Å². The molecule has 0 amide bonds. The van der Waals surface area contributed by atoms with Crippen molar-refractivity contribution in [3.8, 4) is 11.5 Å². The first-order valence-electron chi connectivity index (χ1n) is 6.93. The lowest BCUT2D eigenvalue weighted by molar-refractivity contribution is 0.225. The quantitative estimate of drug-likeness (QED) is 0.875. The number of H-pyrrole nitrogens is 1. The van der Waals surface area contributed by atoms with E-state index in [9.17, 15) is 0 Å². The van der Waals surface area contributed by atoms with Crippen molar-refractivity contribution in [2.24, 2.45) is 5.92 Å². The normalized spacial score (nSPS) is 26.9. The summed E-state index contributed by atoms with van der Waals surface area (Å²) >= 11 is 0. The first-order valence-corrected chi connectivity index (χ1v) is 6.93. The van der Waals surface area contributed by atoms with Crippen molar-refractivity contribution in [2.75, 3.05) is 19.6 Å². The number of hydrogen-bond donors (Lipinski definition) is 2. The fourth-order valence-corrected chi connectivity index (χ4v) is 3.34. The second kappa shape index (κ2) is 4.51. The van der Waals surface area contributed by atoms with E-state index < -0.39 is 0 Å². The van der Waals surface area contributed by atoms with Crippen LogP contribution in [0.25, 0.3) is 11.5 Å². The molecule has 5 heteroatoms. The van der Waals surface area contributed by atoms with E-state index in [1.807, 2.05) is 12.1 Å². The van der Waals surface area contributed by atoms with Crippen LogP contribution in [-0.2, 0) is 6.54 Å². The Morgan fingerprint density at radius 3 is 3.21 bits per heavy atom. The van der Waals surface area contributed by atoms with Crippen LogP contribution in [0.3, 0.4) is 0 Å². The number of nitrogens with one attached hydrogen (secondary N) is 2. The molecule has 0 unspecified atom stereocenters. The second-order valence-electron chi connectivity index (χ2n) is 5.48. The maximum atomic E-state index is 5.91. The predicted molar refractivity (Wildman–Crippen MR) is 71.5 cm³/mol. The zero-order valence-electron chi connectivity index (χ0n) is 10.8. The van der Waals surface area contributed by atoms with Gasteiger partial charge in [0.05, 0.1) is 6.54 Å². The van der Waals surface area contributed by atoms with Gasteiger partial charge in [0.15, 0.2) is 5.76 Å². The maximum absolute atomic E-state index is 5.91. The van der Waals surface area contributed by atoms with Crippen LogP contribution in [-0.4, -0.2) is 40.8 Å². The van der Waals surface area contributed by atoms with Crippen LogP contribution in [0.1, 0.15) is 12.2 Å². The van der Waals surface area contributed by atoms with Crippen molar-refractivity contribution in [3.63, 3.8) is 0 Å². The summed E-state index contributed by atoms with van der Waals surface area (Å²) in [6.07, 6.45) is 3.05. The number of fused-ring (bicyclic) bond motifs is 1. The molecule has 19 heavy (non-hydrogen) atoms. The molecule has 0 aromatic carbocycles. The highest BCUT2D eigenvalue weighted by molar-refractivity contribution is 5.51. The Morgan fingerprint density at radius 2 is 2.32 bits per heavy atom. The first kappa shape index (κ1) is 11.3. The van der Waals surface area contributed by atoms with E-state index in [1.54, 1.807) is 6.20 Å². The summed E-state index contributed by atoms with van der Waals surface area (Å²) in [4.78, 5) is 2.54. The van der Waals surface area contributed by atoms with Gasteiger partial charge in [0.1, 0.15) is 11.5 Å². The summed E-state index contributed by atoms with van der Waals surface area (Å²) in [5.41, 5.74) is 0.938. The van der Waals surface area contributed by atoms with Gasteiger partial charge >= 0.3 is 0 Å². The van der Waals surface area contributed by atoms with Gasteiger partial charge in [-0.15, -0.1) is 0 Å². The van der Waals surface area contributed by atoms with Gasteiger partial charge in [0.2, 0.25) is 0 Å². The van der Waals surface area contributed by atoms with Crippen molar-refractivity contribution >= 4 is 0 Å². The maximum Gasteiger partial charge on any atom is 0.152 e. The van der Waals surface area contributed by atoms with Gasteiger partial charge in [0, 0.05) is 18.8 Å². The van der Waals surface area contributed by atoms with Crippen LogP contribution in [0.4, 0.5) is 0 Å². The Hall–Kier alpha value is -1.59. The smallest absolute Gasteiger partial charge is 0.152 e. The van der Waals surface area contributed by atoms with E-state index in [0.717, 1.165) is 36.2 Å². The van der Waals surface area contributed by atoms with E-state index >= 15 is 0 Å². The topological polar surface area (TPSA) is 57.1 Å². The molecule has 0 saturated carbocycles. The van der Waals surface area contributed by atoms with Crippen LogP contribution < -0.4 is 5.32 Å². The molecule has 4 rings (SSSR count). The third-order valence-corrected chi connectivity index (χ3v) is 4.35. The van der Waals surface area contributed by atoms with Gasteiger partial charge in [-0.25, -0.2) is 0 Å². The molecule has 0 radical (unpaired) electrons. The van der Waals surface area contributed by atoms with Crippen LogP contribution in [0.15, 0.2) is 28.8 Å². The zero-order valence-corrected chi connectivity index (χ0v) is 10.8. The second-order valence-corrected chi connectivity index (χ2v) is 5.48. The van der Waals surface area contributed by atoms with Crippen molar-refractivity contribution < 1.29 is 4.42 Å². The number of likely N-dealkylation sites (tertiary alicyclic amines) is 1. The monoisotopic (exact) mass is 258 g/mol. The van der Waals surface area contributed by atoms with E-state index in [-0.39, 0.29) is 0 Å². The Labute approximate surface area is 112 Å². The van der Waals surface area contributed by atoms with Gasteiger partial charge < -0.3 is 9.73 Å². The minimum atomic E-state index is 0.695. The minimum Gasteiger partial charge on any atom is -0.458 e. The SMILES string of the molecule is c1cc(-c2ccc(CN3CC[C@H]4CNC[C@H]43)o2)[nH]n1. The van der Waals surface area contributed by atoms with Gasteiger partial charge in [-0.1, -0.05) is 0 Å². The summed E-state index contributed by atoms with van der Waals surface area (Å²) in [6, 6.07) is 6.71. The number of aromatic nitrogens is 2. The molecule has 0 aliphatic carbocycles. The molecule has 2 aromatic heterocycles. The highest BCUT2D eigenvalue weighted by Gasteiger charge is 2.37. The fraction of sp³-hybridized carbons (Fsp3) is 0.500. The third-order valence-electron chi connectivity index (χ3n) is 4.35. The van der Waals surface area contributed by atoms with Gasteiger partial charge in [-0.2, -0.15) is 5.10 Å². The molecule has 0 spiro atoms. The zero-order chi connectivity index (χ0) is 12.7. The Morgan fingerprint density at radius 1 is 1.32 bits per heavy atom. The average molecular weight is 258 g/mol. The number of rotatable bonds is 3. The van der Waals surface area contributed by atoms with Crippen LogP contribution >= 0.6 is 0 Å². The van der Waals surface area contributed by atoms with Crippen LogP contribution in [0.5, 0.6) is 0 Å². The predicted octanol–water partition coefficient (Wildman–Crippen LogP) is 1.46. The molecule has 0 bridgehead atoms. The van der Waals surface area contributed by atoms with Crippen LogP contribution in [0, 0.1) is 5.92 Å². The molecule has 2 aromatic rings. The number of hydrogen-bond acceptors (Lipinski definition) is 4. The highest BCUT2D eigenvalue weighted by atomic mass is 16.3. The largest absolute Gasteiger partial charge is 0.458 e. The summed E-state index contributed by atoms with van der Waals surface area (Å²) in [5.74, 6) is 2.74. The molecule has 2 fully saturated rings. The van der Waals surface area contributed by atoms with Crippen molar-refractivity contribution in [3.05, 3.63) is 30.2 Å². The Bertz CT molecular complexity index is 548. The van der Waals surface area contributed by atoms with E-state index in [1.165, 1.54) is 19.5 Å². The van der Waals surface area contributed by atoms with Gasteiger partial charge in [-0.3, -0.25) is 10.00 Å². The van der Waals surface area contributed by atoms with E-state index in [4.69, 9.17) is 4.42 Å². The van der Waals surface area contributed by atoms with Gasteiger partial charge in [0.25, 0.3) is 0 Å². The Balaban J connectivity index is 1.48. The van der Waals surface area contributed by atoms with Gasteiger partial charge in [-0.05, 0) is 43.6 Å². The average Bonchev–Trinajstić information content (AvgIpc) is 3.15. The summed E-state index contributed by atoms with van der Waals surface area (Å²) in [7, 11) is 0. The molecule has 2 N–H and O–H groups in total. The lowest BCUT2D eigenvalue weighted by Gasteiger charge is -2.21. The lowest BCUT2D eigenvalue weighted by Crippen LogP contribution is -2.33. The van der Waals surface area contributed by atoms with Crippen molar-refractivity contribution in [1.82, 2.24) is 20.4 Å². The van der Waals surface area contributed by atoms with E-state index in [2.05, 4.69) is 26.5 Å². The van der Waals surface area contributed by atoms with Crippen molar-refractivity contribution in [2.45, 2.75) is 19.0 Å². The molecule has 2 aliphatic heterocycles. The summed E-state index contributed by atoms with van der Waals surface area (Å²) in [6.45, 7) is 4.41. The molecule has 4 heterocycles. The highest BCUT2D eigenvalue weighted by Crippen LogP contribution is 2.29. The first-order chi connectivity index (χ1) is 9.40. The standard InChI is InChI=1S/C14H18N4O/c1-2-14(12-3-5-16-17-12)19-11(1)9-18-6-4-10-7-15-8-13(10)18/h1-3,5,10,13,15H,4,6-9H2,(H,16,17)/t10-,13+/m0/s1. The number of furan rings is 1. The number of aromatic amines is 1. The Kier molecular flexibility index (Phi) is 2.67. The molecule has 2 atom stereocenters. The lowest BCUT2D eigenvalue weighted by atomic mass is 10.1. The summed E-state index contributed by atoms with van der Waals surface area (Å²) in [5, 5.41) is 10.4. The molecular formula is C14H18N4O. The summed E-state index contributed by atoms with van der Waals surface area (Å²) < 4.78 is 5.91. The molecule has 2 aliphatic rings. The fourth-order valence-electron chi connectivity index (χ4n) is 3.34. The molecule has 100 valence electrons. The minimum absolute atomic E-state index is 0.695. The van der Waals surface area contributed by atoms with E-state index in [0.29, 0.717) is 6.04 Å². The third kappa shape index (κ3) is 1.99. The van der Waals surface area contributed by atoms with Crippen molar-refractivity contribution in [1.29, 1.82) is 0 Å².